The predicted octanol–water partition coefficient (Wildman–Crippen LogP) is 3.20. The van der Waals surface area contributed by atoms with E-state index in [-0.39, 0.29) is 6.04 Å². The number of carbonyl (C=O) groups is 1. The number of likely N-dealkylation sites (N-methyl/N-ethyl adjacent to an activating group) is 1. The average molecular weight is 409 g/mol. The molecule has 2 atom stereocenters. The van der Waals surface area contributed by atoms with Gasteiger partial charge in [0.15, 0.2) is 0 Å². The topological polar surface area (TPSA) is 68.7 Å². The van der Waals surface area contributed by atoms with Crippen LogP contribution in [-0.2, 0) is 17.6 Å². The molecule has 0 saturated carbocycles. The molecular weight excluding hydrogens is 376 g/mol. The molecule has 0 bridgehead atoms. The lowest BCUT2D eigenvalue weighted by atomic mass is 10.0. The van der Waals surface area contributed by atoms with E-state index in [1.807, 2.05) is 42.3 Å². The summed E-state index contributed by atoms with van der Waals surface area (Å²) in [5.41, 5.74) is 3.34. The Bertz CT molecular complexity index is 858. The number of anilines is 1. The number of pyridine rings is 1. The van der Waals surface area contributed by atoms with Crippen molar-refractivity contribution in [1.82, 2.24) is 14.8 Å². The maximum atomic E-state index is 11.9. The van der Waals surface area contributed by atoms with Gasteiger partial charge in [-0.15, -0.1) is 0 Å². The molecule has 1 fully saturated rings. The van der Waals surface area contributed by atoms with Gasteiger partial charge in [0.1, 0.15) is 11.9 Å². The van der Waals surface area contributed by atoms with Gasteiger partial charge in [-0.1, -0.05) is 36.4 Å². The fraction of sp³-hybridized carbons (Fsp3) is 0.500. The number of rotatable bonds is 8. The van der Waals surface area contributed by atoms with Gasteiger partial charge in [-0.05, 0) is 69.4 Å². The minimum atomic E-state index is -0.783. The number of aryl methyl sites for hydroxylation is 2. The number of hydrogen-bond donors (Lipinski definition) is 2. The van der Waals surface area contributed by atoms with Crippen molar-refractivity contribution in [3.8, 4) is 0 Å². The largest absolute Gasteiger partial charge is 0.480 e. The summed E-state index contributed by atoms with van der Waals surface area (Å²) in [5.74, 6) is 0.288. The van der Waals surface area contributed by atoms with Crippen LogP contribution in [0.5, 0.6) is 0 Å². The minimum Gasteiger partial charge on any atom is -0.480 e. The van der Waals surface area contributed by atoms with E-state index in [1.165, 1.54) is 12.0 Å². The van der Waals surface area contributed by atoms with Crippen LogP contribution < -0.4 is 5.32 Å². The van der Waals surface area contributed by atoms with Gasteiger partial charge < -0.3 is 15.3 Å². The van der Waals surface area contributed by atoms with Crippen LogP contribution >= 0.6 is 0 Å². The molecule has 1 unspecified atom stereocenters. The van der Waals surface area contributed by atoms with Crippen LogP contribution in [0.3, 0.4) is 0 Å². The number of benzene rings is 1. The third-order valence-corrected chi connectivity index (χ3v) is 6.44. The lowest BCUT2D eigenvalue weighted by molar-refractivity contribution is -0.143. The van der Waals surface area contributed by atoms with Crippen molar-refractivity contribution < 1.29 is 9.90 Å². The van der Waals surface area contributed by atoms with E-state index in [1.54, 1.807) is 0 Å². The third-order valence-electron chi connectivity index (χ3n) is 6.44. The molecule has 1 aromatic carbocycles. The van der Waals surface area contributed by atoms with Crippen molar-refractivity contribution in [2.24, 2.45) is 0 Å². The number of carboxylic acid groups (broad SMARTS) is 1. The van der Waals surface area contributed by atoms with Crippen molar-refractivity contribution in [2.75, 3.05) is 38.5 Å². The summed E-state index contributed by atoms with van der Waals surface area (Å²) in [7, 11) is 1.95. The summed E-state index contributed by atoms with van der Waals surface area (Å²) < 4.78 is 0. The summed E-state index contributed by atoms with van der Waals surface area (Å²) >= 11 is 0. The van der Waals surface area contributed by atoms with Crippen LogP contribution in [-0.4, -0.2) is 65.1 Å². The first-order chi connectivity index (χ1) is 14.6. The Morgan fingerprint density at radius 3 is 2.93 bits per heavy atom. The average Bonchev–Trinajstić information content (AvgIpc) is 3.23. The number of carboxylic acids is 1. The van der Waals surface area contributed by atoms with Gasteiger partial charge in [-0.3, -0.25) is 9.69 Å². The number of fused-ring (bicyclic) bond motifs is 1. The smallest absolute Gasteiger partial charge is 0.325 e. The lowest BCUT2D eigenvalue weighted by Crippen LogP contribution is -2.40. The van der Waals surface area contributed by atoms with Gasteiger partial charge in [0.25, 0.3) is 0 Å². The maximum Gasteiger partial charge on any atom is 0.325 e. The Hall–Kier alpha value is -2.44. The Morgan fingerprint density at radius 2 is 2.13 bits per heavy atom. The zero-order chi connectivity index (χ0) is 20.9. The highest BCUT2D eigenvalue weighted by atomic mass is 16.4. The van der Waals surface area contributed by atoms with E-state index in [9.17, 15) is 9.90 Å². The monoisotopic (exact) mass is 408 g/mol. The summed E-state index contributed by atoms with van der Waals surface area (Å²) in [4.78, 5) is 21.2. The number of likely N-dealkylation sites (tertiary alicyclic amines) is 1. The Labute approximate surface area is 178 Å². The van der Waals surface area contributed by atoms with Gasteiger partial charge in [0, 0.05) is 24.8 Å². The number of aromatic nitrogens is 1. The fourth-order valence-electron chi connectivity index (χ4n) is 4.74. The van der Waals surface area contributed by atoms with Crippen LogP contribution in [0.4, 0.5) is 5.82 Å². The molecule has 30 heavy (non-hydrogen) atoms. The first-order valence-electron chi connectivity index (χ1n) is 11.1. The molecule has 2 aliphatic heterocycles. The minimum absolute atomic E-state index is 0.261. The Balaban J connectivity index is 1.28. The highest BCUT2D eigenvalue weighted by Crippen LogP contribution is 2.26. The fourth-order valence-corrected chi connectivity index (χ4v) is 4.74. The summed E-state index contributed by atoms with van der Waals surface area (Å²) in [5, 5.41) is 13.2. The van der Waals surface area contributed by atoms with Gasteiger partial charge >= 0.3 is 5.97 Å². The van der Waals surface area contributed by atoms with Crippen molar-refractivity contribution in [3.05, 3.63) is 59.3 Å². The molecule has 6 heteroatoms. The van der Waals surface area contributed by atoms with Crippen LogP contribution in [0.15, 0.2) is 42.5 Å². The van der Waals surface area contributed by atoms with E-state index >= 15 is 0 Å². The van der Waals surface area contributed by atoms with Crippen LogP contribution in [0.1, 0.15) is 42.1 Å². The lowest BCUT2D eigenvalue weighted by Gasteiger charge is -2.30. The second-order valence-corrected chi connectivity index (χ2v) is 8.50. The van der Waals surface area contributed by atoms with E-state index in [0.29, 0.717) is 0 Å². The predicted molar refractivity (Wildman–Crippen MR) is 119 cm³/mol. The molecule has 0 aliphatic carbocycles. The zero-order valence-electron chi connectivity index (χ0n) is 17.8. The summed E-state index contributed by atoms with van der Waals surface area (Å²) in [6, 6.07) is 13.6. The molecule has 4 rings (SSSR count). The molecule has 2 aliphatic rings. The molecule has 0 radical (unpaired) electrons. The first-order valence-corrected chi connectivity index (χ1v) is 11.1. The van der Waals surface area contributed by atoms with Gasteiger partial charge in [-0.25, -0.2) is 4.98 Å². The van der Waals surface area contributed by atoms with E-state index < -0.39 is 12.0 Å². The van der Waals surface area contributed by atoms with E-state index in [4.69, 9.17) is 4.98 Å². The molecular formula is C24H32N4O2. The third kappa shape index (κ3) is 4.82. The molecule has 3 heterocycles. The first kappa shape index (κ1) is 20.8. The van der Waals surface area contributed by atoms with Crippen molar-refractivity contribution in [2.45, 2.75) is 44.2 Å². The SMILES string of the molecule is CN(C(C(=O)O)c1ccccc1)[C@H]1CCN(CCCc2ccc3c(n2)NCCC3)C1. The highest BCUT2D eigenvalue weighted by Gasteiger charge is 2.33. The number of nitrogens with zero attached hydrogens (tertiary/aromatic N) is 3. The summed E-state index contributed by atoms with van der Waals surface area (Å²) in [6.07, 6.45) is 5.37. The Morgan fingerprint density at radius 1 is 1.30 bits per heavy atom. The van der Waals surface area contributed by atoms with Gasteiger partial charge in [0.2, 0.25) is 0 Å². The summed E-state index contributed by atoms with van der Waals surface area (Å²) in [6.45, 7) is 3.99. The van der Waals surface area contributed by atoms with Crippen LogP contribution in [0.2, 0.25) is 0 Å². The molecule has 2 aromatic rings. The van der Waals surface area contributed by atoms with E-state index in [2.05, 4.69) is 22.3 Å². The Kier molecular flexibility index (Phi) is 6.65. The number of nitrogens with one attached hydrogen (secondary N) is 1. The molecule has 160 valence electrons. The van der Waals surface area contributed by atoms with Gasteiger partial charge in [-0.2, -0.15) is 0 Å². The molecule has 1 aromatic heterocycles. The second kappa shape index (κ2) is 9.58. The zero-order valence-corrected chi connectivity index (χ0v) is 17.8. The molecule has 1 saturated heterocycles. The molecule has 2 N–H and O–H groups in total. The van der Waals surface area contributed by atoms with Crippen molar-refractivity contribution in [1.29, 1.82) is 0 Å². The quantitative estimate of drug-likeness (QED) is 0.699. The maximum absolute atomic E-state index is 11.9. The van der Waals surface area contributed by atoms with Crippen molar-refractivity contribution in [3.63, 3.8) is 0 Å². The normalized spacial score (nSPS) is 20.0. The number of aliphatic carboxylic acids is 1. The molecule has 6 nitrogen and oxygen atoms in total. The molecule has 0 spiro atoms. The second-order valence-electron chi connectivity index (χ2n) is 8.50. The highest BCUT2D eigenvalue weighted by molar-refractivity contribution is 5.75. The molecule has 0 amide bonds. The van der Waals surface area contributed by atoms with E-state index in [0.717, 1.165) is 68.9 Å². The van der Waals surface area contributed by atoms with Crippen LogP contribution in [0.25, 0.3) is 0 Å². The van der Waals surface area contributed by atoms with Gasteiger partial charge in [0.05, 0.1) is 0 Å². The standard InChI is InChI=1S/C24H32N4O2/c1-27(22(24(29)30)18-7-3-2-4-8-18)21-13-16-28(17-21)15-6-10-20-12-11-19-9-5-14-25-23(19)26-20/h2-4,7-8,11-12,21-22H,5-6,9-10,13-17H2,1H3,(H,25,26)(H,29,30)/t21-,22?/m0/s1. The van der Waals surface area contributed by atoms with Crippen molar-refractivity contribution >= 4 is 11.8 Å². The van der Waals surface area contributed by atoms with Crippen LogP contribution in [0, 0.1) is 0 Å². The number of hydrogen-bond acceptors (Lipinski definition) is 5.